The molecular formula is C11H10Cl2N4O3. The number of aliphatic imine (C=N–C) groups is 2. The average molecular weight is 317 g/mol. The van der Waals surface area contributed by atoms with Gasteiger partial charge in [-0.15, -0.1) is 0 Å². The summed E-state index contributed by atoms with van der Waals surface area (Å²) >= 11 is 11.6. The lowest BCUT2D eigenvalue weighted by molar-refractivity contribution is -0.174. The lowest BCUT2D eigenvalue weighted by atomic mass is 10.3. The van der Waals surface area contributed by atoms with Gasteiger partial charge in [0.15, 0.2) is 13.3 Å². The zero-order valence-electron chi connectivity index (χ0n) is 10.1. The first-order chi connectivity index (χ1) is 9.54. The van der Waals surface area contributed by atoms with Crippen LogP contribution in [0.3, 0.4) is 0 Å². The molecule has 0 saturated carbocycles. The SMILES string of the molecule is NC1=NCN(OC(=O)COc2ccc(Cl)cc2Cl)C=N1. The van der Waals surface area contributed by atoms with Crippen LogP contribution in [0.1, 0.15) is 0 Å². The van der Waals surface area contributed by atoms with Crippen molar-refractivity contribution < 1.29 is 14.4 Å². The van der Waals surface area contributed by atoms with Crippen molar-refractivity contribution in [3.63, 3.8) is 0 Å². The number of hydrogen-bond donors (Lipinski definition) is 1. The van der Waals surface area contributed by atoms with E-state index < -0.39 is 5.97 Å². The number of halogens is 2. The zero-order valence-corrected chi connectivity index (χ0v) is 11.6. The number of nitrogens with two attached hydrogens (primary N) is 1. The Labute approximate surface area is 124 Å². The minimum atomic E-state index is -0.627. The molecule has 0 aromatic heterocycles. The van der Waals surface area contributed by atoms with Gasteiger partial charge in [-0.25, -0.2) is 14.8 Å². The molecule has 0 amide bonds. The first kappa shape index (κ1) is 14.4. The van der Waals surface area contributed by atoms with Crippen LogP contribution in [-0.4, -0.2) is 36.6 Å². The van der Waals surface area contributed by atoms with E-state index in [1.807, 2.05) is 0 Å². The van der Waals surface area contributed by atoms with Crippen LogP contribution in [0.15, 0.2) is 28.2 Å². The summed E-state index contributed by atoms with van der Waals surface area (Å²) in [6.45, 7) is -0.229. The van der Waals surface area contributed by atoms with Gasteiger partial charge in [-0.05, 0) is 18.2 Å². The van der Waals surface area contributed by atoms with Crippen LogP contribution in [0.2, 0.25) is 10.0 Å². The molecule has 1 aromatic carbocycles. The van der Waals surface area contributed by atoms with Crippen molar-refractivity contribution in [2.24, 2.45) is 15.7 Å². The van der Waals surface area contributed by atoms with Gasteiger partial charge in [-0.3, -0.25) is 0 Å². The standard InChI is InChI=1S/C11H10Cl2N4O3/c12-7-1-2-9(8(13)3-7)19-4-10(18)20-17-5-15-11(14)16-6-17/h1-3,5H,4,6H2,(H2,14,16). The topological polar surface area (TPSA) is 89.5 Å². The molecule has 1 heterocycles. The average Bonchev–Trinajstić information content (AvgIpc) is 2.40. The molecular weight excluding hydrogens is 307 g/mol. The van der Waals surface area contributed by atoms with Gasteiger partial charge < -0.3 is 15.3 Å². The van der Waals surface area contributed by atoms with Crippen molar-refractivity contribution in [3.8, 4) is 5.75 Å². The highest BCUT2D eigenvalue weighted by Crippen LogP contribution is 2.27. The monoisotopic (exact) mass is 316 g/mol. The van der Waals surface area contributed by atoms with Gasteiger partial charge in [-0.2, -0.15) is 5.06 Å². The smallest absolute Gasteiger partial charge is 0.369 e. The highest BCUT2D eigenvalue weighted by molar-refractivity contribution is 6.35. The highest BCUT2D eigenvalue weighted by atomic mass is 35.5. The molecule has 2 rings (SSSR count). The van der Waals surface area contributed by atoms with Crippen molar-refractivity contribution >= 4 is 41.5 Å². The summed E-state index contributed by atoms with van der Waals surface area (Å²) in [7, 11) is 0. The van der Waals surface area contributed by atoms with E-state index in [1.165, 1.54) is 12.4 Å². The Morgan fingerprint density at radius 2 is 2.25 bits per heavy atom. The van der Waals surface area contributed by atoms with E-state index in [9.17, 15) is 4.79 Å². The van der Waals surface area contributed by atoms with Crippen LogP contribution >= 0.6 is 23.2 Å². The normalized spacial score (nSPS) is 13.9. The number of carbonyl (C=O) groups excluding carboxylic acids is 1. The van der Waals surface area contributed by atoms with Gasteiger partial charge in [0.05, 0.1) is 5.02 Å². The number of nitrogens with zero attached hydrogens (tertiary/aromatic N) is 3. The molecule has 0 spiro atoms. The summed E-state index contributed by atoms with van der Waals surface area (Å²) in [6.07, 6.45) is 1.26. The fourth-order valence-electron chi connectivity index (χ4n) is 1.28. The quantitative estimate of drug-likeness (QED) is 0.908. The van der Waals surface area contributed by atoms with Gasteiger partial charge in [-0.1, -0.05) is 23.2 Å². The first-order valence-corrected chi connectivity index (χ1v) is 6.19. The molecule has 1 aliphatic rings. The third-order valence-electron chi connectivity index (χ3n) is 2.15. The number of carbonyl (C=O) groups is 1. The Kier molecular flexibility index (Phi) is 4.65. The molecule has 0 aliphatic carbocycles. The maximum atomic E-state index is 11.5. The number of rotatable bonds is 4. The molecule has 0 bridgehead atoms. The second-order valence-corrected chi connectivity index (χ2v) is 4.49. The molecule has 0 unspecified atom stereocenters. The van der Waals surface area contributed by atoms with Crippen molar-refractivity contribution in [1.29, 1.82) is 0 Å². The van der Waals surface area contributed by atoms with Crippen LogP contribution in [-0.2, 0) is 9.63 Å². The minimum Gasteiger partial charge on any atom is -0.480 e. The third kappa shape index (κ3) is 4.01. The van der Waals surface area contributed by atoms with Crippen LogP contribution < -0.4 is 10.5 Å². The van der Waals surface area contributed by atoms with Crippen LogP contribution in [0, 0.1) is 0 Å². The van der Waals surface area contributed by atoms with E-state index in [1.54, 1.807) is 12.1 Å². The van der Waals surface area contributed by atoms with Gasteiger partial charge in [0.25, 0.3) is 0 Å². The molecule has 0 saturated heterocycles. The van der Waals surface area contributed by atoms with Gasteiger partial charge in [0.1, 0.15) is 12.1 Å². The zero-order chi connectivity index (χ0) is 14.5. The van der Waals surface area contributed by atoms with Gasteiger partial charge in [0, 0.05) is 5.02 Å². The summed E-state index contributed by atoms with van der Waals surface area (Å²) in [4.78, 5) is 23.9. The van der Waals surface area contributed by atoms with Crippen LogP contribution in [0.4, 0.5) is 0 Å². The van der Waals surface area contributed by atoms with E-state index in [0.717, 1.165) is 5.06 Å². The molecule has 0 radical (unpaired) electrons. The molecule has 0 fully saturated rings. The second-order valence-electron chi connectivity index (χ2n) is 3.65. The lowest BCUT2D eigenvalue weighted by Gasteiger charge is -2.18. The Bertz CT molecular complexity index is 577. The lowest BCUT2D eigenvalue weighted by Crippen LogP contribution is -2.33. The van der Waals surface area contributed by atoms with Crippen LogP contribution in [0.5, 0.6) is 5.75 Å². The second kappa shape index (κ2) is 6.44. The first-order valence-electron chi connectivity index (χ1n) is 5.44. The summed E-state index contributed by atoms with van der Waals surface area (Å²) in [5.74, 6) is -0.165. The van der Waals surface area contributed by atoms with Gasteiger partial charge >= 0.3 is 5.97 Å². The van der Waals surface area contributed by atoms with E-state index >= 15 is 0 Å². The van der Waals surface area contributed by atoms with Crippen molar-refractivity contribution in [2.45, 2.75) is 0 Å². The van der Waals surface area contributed by atoms with Crippen molar-refractivity contribution in [2.75, 3.05) is 13.3 Å². The highest BCUT2D eigenvalue weighted by Gasteiger charge is 2.13. The largest absolute Gasteiger partial charge is 0.480 e. The summed E-state index contributed by atoms with van der Waals surface area (Å²) in [5.41, 5.74) is 5.33. The van der Waals surface area contributed by atoms with E-state index in [2.05, 4.69) is 9.98 Å². The molecule has 1 aliphatic heterocycles. The number of benzene rings is 1. The molecule has 106 valence electrons. The van der Waals surface area contributed by atoms with Gasteiger partial charge in [0.2, 0.25) is 5.96 Å². The predicted molar refractivity (Wildman–Crippen MR) is 74.9 cm³/mol. The van der Waals surface area contributed by atoms with Crippen molar-refractivity contribution in [3.05, 3.63) is 28.2 Å². The van der Waals surface area contributed by atoms with E-state index in [0.29, 0.717) is 15.8 Å². The molecule has 20 heavy (non-hydrogen) atoms. The Morgan fingerprint density at radius 1 is 1.45 bits per heavy atom. The maximum Gasteiger partial charge on any atom is 0.369 e. The number of ether oxygens (including phenoxy) is 1. The molecule has 2 N–H and O–H groups in total. The molecule has 0 atom stereocenters. The van der Waals surface area contributed by atoms with E-state index in [4.69, 9.17) is 38.5 Å². The fraction of sp³-hybridized carbons (Fsp3) is 0.182. The molecule has 1 aromatic rings. The Hall–Kier alpha value is -1.99. The minimum absolute atomic E-state index is 0.0861. The maximum absolute atomic E-state index is 11.5. The Morgan fingerprint density at radius 3 is 2.90 bits per heavy atom. The number of hydrogen-bond acceptors (Lipinski definition) is 7. The Balaban J connectivity index is 1.82. The van der Waals surface area contributed by atoms with Crippen LogP contribution in [0.25, 0.3) is 0 Å². The predicted octanol–water partition coefficient (Wildman–Crippen LogP) is 1.45. The number of hydroxylamine groups is 2. The number of guanidine groups is 1. The molecule has 9 heteroatoms. The van der Waals surface area contributed by atoms with E-state index in [-0.39, 0.29) is 19.2 Å². The summed E-state index contributed by atoms with van der Waals surface area (Å²) in [5, 5.41) is 1.91. The third-order valence-corrected chi connectivity index (χ3v) is 2.68. The molecule has 7 nitrogen and oxygen atoms in total. The van der Waals surface area contributed by atoms with Crippen molar-refractivity contribution in [1.82, 2.24) is 5.06 Å². The fourth-order valence-corrected chi connectivity index (χ4v) is 1.74. The summed E-state index contributed by atoms with van der Waals surface area (Å²) < 4.78 is 5.22. The summed E-state index contributed by atoms with van der Waals surface area (Å²) in [6, 6.07) is 4.67.